The smallest absolute Gasteiger partial charge is 0.280 e. The molecule has 1 aromatic rings. The number of hydrogen-bond donors (Lipinski definition) is 0. The maximum atomic E-state index is 11.4. The van der Waals surface area contributed by atoms with Crippen LogP contribution in [0.4, 0.5) is 5.69 Å². The van der Waals surface area contributed by atoms with E-state index in [9.17, 15) is 14.9 Å². The Kier molecular flexibility index (Phi) is 3.35. The summed E-state index contributed by atoms with van der Waals surface area (Å²) in [6, 6.07) is 4.59. The van der Waals surface area contributed by atoms with Crippen LogP contribution >= 0.6 is 15.9 Å². The first-order valence-corrected chi connectivity index (χ1v) is 5.03. The number of carbonyl (C=O) groups excluding carboxylic acids is 1. The van der Waals surface area contributed by atoms with Crippen molar-refractivity contribution in [2.75, 3.05) is 5.33 Å². The predicted octanol–water partition coefficient (Wildman–Crippen LogP) is 2.48. The van der Waals surface area contributed by atoms with E-state index in [1.807, 2.05) is 0 Å². The van der Waals surface area contributed by atoms with E-state index in [2.05, 4.69) is 15.9 Å². The monoisotopic (exact) mass is 257 g/mol. The molecule has 0 N–H and O–H groups in total. The standard InChI is InChI=1S/C9H8BrNO3/c1-6-3-2-4-7(11(13)14)9(6)8(12)5-10/h2-4H,5H2,1H3. The highest BCUT2D eigenvalue weighted by atomic mass is 79.9. The van der Waals surface area contributed by atoms with Gasteiger partial charge in [0.2, 0.25) is 0 Å². The van der Waals surface area contributed by atoms with Gasteiger partial charge in [0.05, 0.1) is 15.8 Å². The zero-order valence-corrected chi connectivity index (χ0v) is 9.08. The summed E-state index contributed by atoms with van der Waals surface area (Å²) in [5.41, 5.74) is 0.687. The molecule has 0 aliphatic heterocycles. The van der Waals surface area contributed by atoms with E-state index in [1.54, 1.807) is 19.1 Å². The first-order valence-electron chi connectivity index (χ1n) is 3.91. The van der Waals surface area contributed by atoms with Crippen molar-refractivity contribution in [2.45, 2.75) is 6.92 Å². The van der Waals surface area contributed by atoms with Crippen LogP contribution in [0, 0.1) is 17.0 Å². The topological polar surface area (TPSA) is 60.2 Å². The zero-order valence-electron chi connectivity index (χ0n) is 7.49. The molecular formula is C9H8BrNO3. The van der Waals surface area contributed by atoms with Crippen molar-refractivity contribution in [3.8, 4) is 0 Å². The molecule has 0 saturated heterocycles. The van der Waals surface area contributed by atoms with Gasteiger partial charge in [-0.1, -0.05) is 28.1 Å². The van der Waals surface area contributed by atoms with Crippen molar-refractivity contribution < 1.29 is 9.72 Å². The van der Waals surface area contributed by atoms with Crippen LogP contribution in [0.5, 0.6) is 0 Å². The Bertz CT molecular complexity index is 390. The van der Waals surface area contributed by atoms with Crippen molar-refractivity contribution in [1.29, 1.82) is 0 Å². The largest absolute Gasteiger partial charge is 0.293 e. The molecule has 0 aliphatic rings. The molecule has 1 aromatic carbocycles. The summed E-state index contributed by atoms with van der Waals surface area (Å²) in [4.78, 5) is 21.5. The summed E-state index contributed by atoms with van der Waals surface area (Å²) >= 11 is 3.00. The van der Waals surface area contributed by atoms with E-state index in [-0.39, 0.29) is 22.4 Å². The molecular weight excluding hydrogens is 250 g/mol. The van der Waals surface area contributed by atoms with Crippen LogP contribution in [0.2, 0.25) is 0 Å². The predicted molar refractivity (Wildman–Crippen MR) is 56.0 cm³/mol. The van der Waals surface area contributed by atoms with Crippen molar-refractivity contribution in [3.05, 3.63) is 39.4 Å². The molecule has 0 fully saturated rings. The summed E-state index contributed by atoms with van der Waals surface area (Å²) in [6.07, 6.45) is 0. The molecule has 0 atom stereocenters. The number of nitrogens with zero attached hydrogens (tertiary/aromatic N) is 1. The maximum Gasteiger partial charge on any atom is 0.280 e. The lowest BCUT2D eigenvalue weighted by atomic mass is 10.0. The molecule has 0 spiro atoms. The number of hydrogen-bond acceptors (Lipinski definition) is 3. The van der Waals surface area contributed by atoms with Gasteiger partial charge in [0.1, 0.15) is 0 Å². The molecule has 0 aliphatic carbocycles. The molecule has 0 radical (unpaired) electrons. The Hall–Kier alpha value is -1.23. The molecule has 0 saturated carbocycles. The lowest BCUT2D eigenvalue weighted by molar-refractivity contribution is -0.385. The van der Waals surface area contributed by atoms with Gasteiger partial charge in [-0.3, -0.25) is 14.9 Å². The van der Waals surface area contributed by atoms with E-state index in [4.69, 9.17) is 0 Å². The number of carbonyl (C=O) groups is 1. The average molecular weight is 258 g/mol. The summed E-state index contributed by atoms with van der Waals surface area (Å²) in [6.45, 7) is 1.68. The Labute approximate surface area is 89.2 Å². The second kappa shape index (κ2) is 4.32. The lowest BCUT2D eigenvalue weighted by Crippen LogP contribution is -2.07. The van der Waals surface area contributed by atoms with Crippen molar-refractivity contribution in [1.82, 2.24) is 0 Å². The van der Waals surface area contributed by atoms with E-state index in [1.165, 1.54) is 6.07 Å². The van der Waals surface area contributed by atoms with Gasteiger partial charge in [-0.05, 0) is 12.5 Å². The van der Waals surface area contributed by atoms with E-state index >= 15 is 0 Å². The molecule has 0 heterocycles. The number of ketones is 1. The molecule has 0 amide bonds. The fraction of sp³-hybridized carbons (Fsp3) is 0.222. The average Bonchev–Trinajstić information content (AvgIpc) is 2.16. The lowest BCUT2D eigenvalue weighted by Gasteiger charge is -2.02. The van der Waals surface area contributed by atoms with Crippen molar-refractivity contribution >= 4 is 27.4 Å². The Morgan fingerprint density at radius 3 is 2.71 bits per heavy atom. The number of halogens is 1. The third-order valence-electron chi connectivity index (χ3n) is 1.85. The number of benzene rings is 1. The second-order valence-corrected chi connectivity index (χ2v) is 3.34. The SMILES string of the molecule is Cc1cccc([N+](=O)[O-])c1C(=O)CBr. The highest BCUT2D eigenvalue weighted by Gasteiger charge is 2.20. The highest BCUT2D eigenvalue weighted by molar-refractivity contribution is 9.09. The fourth-order valence-electron chi connectivity index (χ4n) is 1.23. The summed E-state index contributed by atoms with van der Waals surface area (Å²) < 4.78 is 0. The van der Waals surface area contributed by atoms with E-state index in [0.29, 0.717) is 5.56 Å². The number of Topliss-reactive ketones (excluding diaryl/α,β-unsaturated/α-hetero) is 1. The summed E-state index contributed by atoms with van der Waals surface area (Å²) in [5, 5.41) is 10.7. The van der Waals surface area contributed by atoms with Crippen LogP contribution in [0.15, 0.2) is 18.2 Å². The Morgan fingerprint density at radius 1 is 1.57 bits per heavy atom. The Morgan fingerprint density at radius 2 is 2.21 bits per heavy atom. The first-order chi connectivity index (χ1) is 6.57. The van der Waals surface area contributed by atoms with E-state index < -0.39 is 4.92 Å². The minimum atomic E-state index is -0.539. The van der Waals surface area contributed by atoms with Crippen LogP contribution in [0.1, 0.15) is 15.9 Å². The maximum absolute atomic E-state index is 11.4. The molecule has 0 aromatic heterocycles. The van der Waals surface area contributed by atoms with Gasteiger partial charge in [-0.15, -0.1) is 0 Å². The minimum absolute atomic E-state index is 0.0959. The van der Waals surface area contributed by atoms with Gasteiger partial charge in [0.15, 0.2) is 5.78 Å². The van der Waals surface area contributed by atoms with Gasteiger partial charge in [0.25, 0.3) is 5.69 Å². The first kappa shape index (κ1) is 10.8. The molecule has 5 heteroatoms. The van der Waals surface area contributed by atoms with Crippen molar-refractivity contribution in [2.24, 2.45) is 0 Å². The van der Waals surface area contributed by atoms with Gasteiger partial charge in [0, 0.05) is 6.07 Å². The summed E-state index contributed by atoms with van der Waals surface area (Å²) in [5.74, 6) is -0.269. The number of nitro groups is 1. The van der Waals surface area contributed by atoms with Gasteiger partial charge in [-0.25, -0.2) is 0 Å². The van der Waals surface area contributed by atoms with E-state index in [0.717, 1.165) is 0 Å². The third-order valence-corrected chi connectivity index (χ3v) is 2.36. The highest BCUT2D eigenvalue weighted by Crippen LogP contribution is 2.22. The zero-order chi connectivity index (χ0) is 10.7. The van der Waals surface area contributed by atoms with Crippen LogP contribution < -0.4 is 0 Å². The van der Waals surface area contributed by atoms with Crippen LogP contribution in [-0.4, -0.2) is 16.0 Å². The van der Waals surface area contributed by atoms with Gasteiger partial charge in [-0.2, -0.15) is 0 Å². The molecule has 0 unspecified atom stereocenters. The van der Waals surface area contributed by atoms with Crippen LogP contribution in [-0.2, 0) is 0 Å². The molecule has 1 rings (SSSR count). The minimum Gasteiger partial charge on any atom is -0.293 e. The van der Waals surface area contributed by atoms with Crippen molar-refractivity contribution in [3.63, 3.8) is 0 Å². The third kappa shape index (κ3) is 1.98. The summed E-state index contributed by atoms with van der Waals surface area (Å²) in [7, 11) is 0. The van der Waals surface area contributed by atoms with Gasteiger partial charge < -0.3 is 0 Å². The number of aryl methyl sites for hydroxylation is 1. The molecule has 4 nitrogen and oxygen atoms in total. The van der Waals surface area contributed by atoms with Crippen LogP contribution in [0.25, 0.3) is 0 Å². The number of nitro benzene ring substituents is 1. The number of alkyl halides is 1. The molecule has 74 valence electrons. The van der Waals surface area contributed by atoms with Gasteiger partial charge >= 0.3 is 0 Å². The second-order valence-electron chi connectivity index (χ2n) is 2.78. The fourth-order valence-corrected chi connectivity index (χ4v) is 1.51. The Balaban J connectivity index is 3.36. The number of rotatable bonds is 3. The molecule has 14 heavy (non-hydrogen) atoms. The quantitative estimate of drug-likeness (QED) is 0.362. The normalized spacial score (nSPS) is 9.86. The molecule has 0 bridgehead atoms. The van der Waals surface area contributed by atoms with Crippen LogP contribution in [0.3, 0.4) is 0 Å².